The van der Waals surface area contributed by atoms with Crippen LogP contribution < -0.4 is 0 Å². The van der Waals surface area contributed by atoms with Gasteiger partial charge < -0.3 is 4.74 Å². The zero-order valence-electron chi connectivity index (χ0n) is 21.9. The van der Waals surface area contributed by atoms with E-state index in [0.717, 1.165) is 12.8 Å². The molecule has 0 spiro atoms. The van der Waals surface area contributed by atoms with Gasteiger partial charge in [-0.3, -0.25) is 4.79 Å². The molecule has 0 amide bonds. The molecule has 0 radical (unpaired) electrons. The molecule has 0 aliphatic carbocycles. The number of hydrogen-bond donors (Lipinski definition) is 0. The lowest BCUT2D eigenvalue weighted by Gasteiger charge is -2.16. The van der Waals surface area contributed by atoms with Crippen LogP contribution in [0.25, 0.3) is 0 Å². The number of hydrogen-bond acceptors (Lipinski definition) is 2. The summed E-state index contributed by atoms with van der Waals surface area (Å²) in [6.07, 6.45) is 29.9. The Morgan fingerprint density at radius 3 is 1.26 bits per heavy atom. The summed E-state index contributed by atoms with van der Waals surface area (Å²) < 4.78 is 5.46. The molecule has 0 N–H and O–H groups in total. The lowest BCUT2D eigenvalue weighted by molar-refractivity contribution is -0.145. The van der Waals surface area contributed by atoms with Crippen molar-refractivity contribution in [1.82, 2.24) is 0 Å². The van der Waals surface area contributed by atoms with E-state index < -0.39 is 0 Å². The Morgan fingerprint density at radius 2 is 0.871 bits per heavy atom. The largest absolute Gasteiger partial charge is 0.466 e. The Kier molecular flexibility index (Phi) is 25.3. The molecule has 0 heterocycles. The molecule has 31 heavy (non-hydrogen) atoms. The van der Waals surface area contributed by atoms with Gasteiger partial charge in [0, 0.05) is 6.42 Å². The molecule has 1 atom stereocenters. The molecule has 0 aromatic rings. The van der Waals surface area contributed by atoms with Gasteiger partial charge >= 0.3 is 5.97 Å². The second-order valence-corrected chi connectivity index (χ2v) is 9.88. The lowest BCUT2D eigenvalue weighted by Crippen LogP contribution is -2.13. The van der Waals surface area contributed by atoms with Gasteiger partial charge in [-0.05, 0) is 25.2 Å². The number of carbonyl (C=O) groups excluding carboxylic acids is 1. The van der Waals surface area contributed by atoms with Crippen LogP contribution in [0.1, 0.15) is 168 Å². The Morgan fingerprint density at radius 1 is 0.516 bits per heavy atom. The fourth-order valence-corrected chi connectivity index (χ4v) is 4.46. The molecule has 0 aliphatic heterocycles. The molecule has 0 fully saturated rings. The summed E-state index contributed by atoms with van der Waals surface area (Å²) in [5, 5.41) is 0. The van der Waals surface area contributed by atoms with Crippen LogP contribution in [0.4, 0.5) is 0 Å². The fraction of sp³-hybridized carbons (Fsp3) is 0.966. The van der Waals surface area contributed by atoms with Gasteiger partial charge in [-0.1, -0.05) is 143 Å². The monoisotopic (exact) mass is 438 g/mol. The maximum absolute atomic E-state index is 12.2. The maximum atomic E-state index is 12.2. The number of esters is 1. The van der Waals surface area contributed by atoms with Crippen molar-refractivity contribution in [2.45, 2.75) is 168 Å². The van der Waals surface area contributed by atoms with E-state index >= 15 is 0 Å². The van der Waals surface area contributed by atoms with Crippen LogP contribution in [-0.2, 0) is 9.53 Å². The summed E-state index contributed by atoms with van der Waals surface area (Å²) in [6.45, 7) is 7.32. The highest BCUT2D eigenvalue weighted by molar-refractivity contribution is 5.69. The summed E-state index contributed by atoms with van der Waals surface area (Å²) in [4.78, 5) is 12.2. The molecule has 0 aromatic carbocycles. The minimum Gasteiger partial charge on any atom is -0.466 e. The molecule has 0 saturated heterocycles. The predicted molar refractivity (Wildman–Crippen MR) is 138 cm³/mol. The number of ether oxygens (including phenoxy) is 1. The molecular weight excluding hydrogens is 380 g/mol. The van der Waals surface area contributed by atoms with Crippen molar-refractivity contribution in [3.8, 4) is 0 Å². The van der Waals surface area contributed by atoms with Crippen molar-refractivity contribution >= 4 is 5.97 Å². The van der Waals surface area contributed by atoms with Crippen molar-refractivity contribution in [2.75, 3.05) is 6.61 Å². The molecule has 0 saturated carbocycles. The van der Waals surface area contributed by atoms with Crippen LogP contribution in [0.2, 0.25) is 0 Å². The summed E-state index contributed by atoms with van der Waals surface area (Å²) in [7, 11) is 0. The van der Waals surface area contributed by atoms with E-state index in [1.165, 1.54) is 128 Å². The van der Waals surface area contributed by atoms with Gasteiger partial charge in [0.05, 0.1) is 6.61 Å². The average Bonchev–Trinajstić information content (AvgIpc) is 2.76. The summed E-state index contributed by atoms with van der Waals surface area (Å²) in [6, 6.07) is 0. The van der Waals surface area contributed by atoms with E-state index in [4.69, 9.17) is 4.74 Å². The first kappa shape index (κ1) is 30.5. The maximum Gasteiger partial charge on any atom is 0.306 e. The summed E-state index contributed by atoms with van der Waals surface area (Å²) >= 11 is 0. The van der Waals surface area contributed by atoms with E-state index in [9.17, 15) is 4.79 Å². The first-order chi connectivity index (χ1) is 15.2. The van der Waals surface area contributed by atoms with Gasteiger partial charge in [0.25, 0.3) is 0 Å². The molecule has 0 bridgehead atoms. The van der Waals surface area contributed by atoms with Gasteiger partial charge in [0.1, 0.15) is 0 Å². The van der Waals surface area contributed by atoms with E-state index in [0.29, 0.717) is 18.9 Å². The third-order valence-corrected chi connectivity index (χ3v) is 6.65. The topological polar surface area (TPSA) is 26.3 Å². The van der Waals surface area contributed by atoms with Gasteiger partial charge in [-0.15, -0.1) is 0 Å². The smallest absolute Gasteiger partial charge is 0.306 e. The highest BCUT2D eigenvalue weighted by Gasteiger charge is 2.14. The molecule has 2 nitrogen and oxygen atoms in total. The Labute approximate surface area is 196 Å². The van der Waals surface area contributed by atoms with Crippen LogP contribution >= 0.6 is 0 Å². The molecule has 0 rings (SSSR count). The molecule has 1 unspecified atom stereocenters. The number of rotatable bonds is 25. The standard InChI is InChI=1S/C29H58O2/c1-4-7-10-12-14-16-17-19-21-23-25-28(27-29(30)31-26-9-6-3)24-22-20-18-15-13-11-8-5-2/h28H,4-27H2,1-3H3. The summed E-state index contributed by atoms with van der Waals surface area (Å²) in [5.41, 5.74) is 0. The second kappa shape index (κ2) is 25.7. The first-order valence-electron chi connectivity index (χ1n) is 14.4. The highest BCUT2D eigenvalue weighted by atomic mass is 16.5. The quantitative estimate of drug-likeness (QED) is 0.105. The van der Waals surface area contributed by atoms with Crippen LogP contribution in [0, 0.1) is 5.92 Å². The van der Waals surface area contributed by atoms with E-state index in [1.807, 2.05) is 0 Å². The third-order valence-electron chi connectivity index (χ3n) is 6.65. The fourth-order valence-electron chi connectivity index (χ4n) is 4.46. The van der Waals surface area contributed by atoms with Crippen LogP contribution in [-0.4, -0.2) is 12.6 Å². The molecular formula is C29H58O2. The Bertz CT molecular complexity index is 353. The van der Waals surface area contributed by atoms with Crippen molar-refractivity contribution in [3.63, 3.8) is 0 Å². The zero-order valence-corrected chi connectivity index (χ0v) is 21.9. The highest BCUT2D eigenvalue weighted by Crippen LogP contribution is 2.23. The first-order valence-corrected chi connectivity index (χ1v) is 14.4. The molecule has 0 aromatic heterocycles. The SMILES string of the molecule is CCCCCCCCCCCCC(CCCCCCCCCC)CC(=O)OCCCC. The predicted octanol–water partition coefficient (Wildman–Crippen LogP) is 10.2. The third kappa shape index (κ3) is 24.0. The molecule has 2 heteroatoms. The van der Waals surface area contributed by atoms with Crippen LogP contribution in [0.5, 0.6) is 0 Å². The van der Waals surface area contributed by atoms with Crippen molar-refractivity contribution in [2.24, 2.45) is 5.92 Å². The van der Waals surface area contributed by atoms with E-state index in [2.05, 4.69) is 20.8 Å². The second-order valence-electron chi connectivity index (χ2n) is 9.88. The van der Waals surface area contributed by atoms with Crippen molar-refractivity contribution in [3.05, 3.63) is 0 Å². The van der Waals surface area contributed by atoms with Gasteiger partial charge in [0.2, 0.25) is 0 Å². The van der Waals surface area contributed by atoms with E-state index in [1.54, 1.807) is 0 Å². The normalized spacial score (nSPS) is 12.2. The molecule has 0 aliphatic rings. The van der Waals surface area contributed by atoms with Crippen LogP contribution in [0.3, 0.4) is 0 Å². The van der Waals surface area contributed by atoms with Gasteiger partial charge in [-0.25, -0.2) is 0 Å². The van der Waals surface area contributed by atoms with Gasteiger partial charge in [0.15, 0.2) is 0 Å². The Hall–Kier alpha value is -0.530. The van der Waals surface area contributed by atoms with Crippen molar-refractivity contribution in [1.29, 1.82) is 0 Å². The lowest BCUT2D eigenvalue weighted by atomic mass is 9.91. The number of carbonyl (C=O) groups is 1. The Balaban J connectivity index is 3.92. The molecule has 186 valence electrons. The van der Waals surface area contributed by atoms with E-state index in [-0.39, 0.29) is 5.97 Å². The number of unbranched alkanes of at least 4 members (excludes halogenated alkanes) is 17. The van der Waals surface area contributed by atoms with Crippen molar-refractivity contribution < 1.29 is 9.53 Å². The van der Waals surface area contributed by atoms with Crippen LogP contribution in [0.15, 0.2) is 0 Å². The summed E-state index contributed by atoms with van der Waals surface area (Å²) in [5.74, 6) is 0.591. The minimum atomic E-state index is 0.0464. The minimum absolute atomic E-state index is 0.0464. The van der Waals surface area contributed by atoms with Gasteiger partial charge in [-0.2, -0.15) is 0 Å². The average molecular weight is 439 g/mol. The zero-order chi connectivity index (χ0) is 22.8.